The van der Waals surface area contributed by atoms with Crippen LogP contribution in [-0.2, 0) is 14.3 Å². The predicted octanol–water partition coefficient (Wildman–Crippen LogP) is 1.29. The first-order chi connectivity index (χ1) is 5.59. The van der Waals surface area contributed by atoms with Gasteiger partial charge in [0, 0.05) is 17.7 Å². The first-order valence-corrected chi connectivity index (χ1v) is 4.83. The largest absolute Gasteiger partial charge is 0.464 e. The lowest BCUT2D eigenvalue weighted by atomic mass is 9.84. The van der Waals surface area contributed by atoms with Crippen LogP contribution in [0.15, 0.2) is 0 Å². The van der Waals surface area contributed by atoms with Crippen molar-refractivity contribution in [3.05, 3.63) is 0 Å². The van der Waals surface area contributed by atoms with Gasteiger partial charge in [-0.25, -0.2) is 0 Å². The fourth-order valence-electron chi connectivity index (χ4n) is 0.971. The van der Waals surface area contributed by atoms with Gasteiger partial charge < -0.3 is 4.74 Å². The maximum atomic E-state index is 11.1. The van der Waals surface area contributed by atoms with Crippen LogP contribution in [0.2, 0.25) is 0 Å². The molecule has 0 bridgehead atoms. The van der Waals surface area contributed by atoms with Crippen LogP contribution in [0.4, 0.5) is 0 Å². The number of hydrogen-bond acceptors (Lipinski definition) is 3. The molecule has 1 atom stereocenters. The molecule has 0 aromatic rings. The third kappa shape index (κ3) is 2.59. The number of carbonyl (C=O) groups is 2. The molecule has 68 valence electrons. The van der Waals surface area contributed by atoms with Crippen LogP contribution < -0.4 is 0 Å². The Morgan fingerprint density at radius 3 is 2.75 bits per heavy atom. The fourth-order valence-corrected chi connectivity index (χ4v) is 1.10. The highest BCUT2D eigenvalue weighted by molar-refractivity contribution is 9.09. The summed E-state index contributed by atoms with van der Waals surface area (Å²) in [7, 11) is 0. The number of ketones is 1. The molecule has 0 spiro atoms. The molecule has 3 nitrogen and oxygen atoms in total. The average molecular weight is 235 g/mol. The lowest BCUT2D eigenvalue weighted by molar-refractivity contribution is -0.155. The van der Waals surface area contributed by atoms with Crippen molar-refractivity contribution < 1.29 is 14.3 Å². The van der Waals surface area contributed by atoms with E-state index < -0.39 is 0 Å². The fraction of sp³-hybridized carbons (Fsp3) is 0.750. The minimum Gasteiger partial charge on any atom is -0.464 e. The molecule has 1 fully saturated rings. The van der Waals surface area contributed by atoms with Crippen molar-refractivity contribution in [2.45, 2.75) is 24.6 Å². The highest BCUT2D eigenvalue weighted by atomic mass is 79.9. The smallest absolute Gasteiger partial charge is 0.309 e. The van der Waals surface area contributed by atoms with E-state index in [2.05, 4.69) is 15.9 Å². The summed E-state index contributed by atoms with van der Waals surface area (Å²) in [5, 5.41) is 0. The van der Waals surface area contributed by atoms with Gasteiger partial charge in [0.15, 0.2) is 0 Å². The van der Waals surface area contributed by atoms with Gasteiger partial charge in [-0.05, 0) is 6.92 Å². The zero-order chi connectivity index (χ0) is 9.14. The number of esters is 1. The van der Waals surface area contributed by atoms with Gasteiger partial charge in [0.05, 0.1) is 5.92 Å². The number of halogens is 1. The number of alkyl halides is 1. The Kier molecular flexibility index (Phi) is 3.26. The molecule has 0 heterocycles. The van der Waals surface area contributed by atoms with Crippen LogP contribution >= 0.6 is 15.9 Å². The monoisotopic (exact) mass is 234 g/mol. The number of rotatable bonds is 3. The summed E-state index contributed by atoms with van der Waals surface area (Å²) < 4.78 is 4.92. The minimum atomic E-state index is -0.235. The first-order valence-electron chi connectivity index (χ1n) is 3.92. The van der Waals surface area contributed by atoms with E-state index in [1.165, 1.54) is 0 Å². The number of carbonyl (C=O) groups excluding carboxylic acids is 2. The van der Waals surface area contributed by atoms with Gasteiger partial charge in [0.25, 0.3) is 0 Å². The Bertz CT molecular complexity index is 192. The maximum Gasteiger partial charge on any atom is 0.309 e. The SMILES string of the molecule is CC(Br)COC(=O)C1CC(=O)C1. The standard InChI is InChI=1S/C8H11BrO3/c1-5(9)4-12-8(11)6-2-7(10)3-6/h5-6H,2-4H2,1H3. The quantitative estimate of drug-likeness (QED) is 0.546. The van der Waals surface area contributed by atoms with E-state index >= 15 is 0 Å². The molecule has 1 saturated carbocycles. The zero-order valence-corrected chi connectivity index (χ0v) is 8.46. The molecule has 0 aromatic carbocycles. The zero-order valence-electron chi connectivity index (χ0n) is 6.88. The summed E-state index contributed by atoms with van der Waals surface area (Å²) in [6, 6.07) is 0. The highest BCUT2D eigenvalue weighted by Crippen LogP contribution is 2.24. The highest BCUT2D eigenvalue weighted by Gasteiger charge is 2.33. The van der Waals surface area contributed by atoms with Crippen molar-refractivity contribution in [2.75, 3.05) is 6.61 Å². The Morgan fingerprint density at radius 1 is 1.75 bits per heavy atom. The summed E-state index contributed by atoms with van der Waals surface area (Å²) in [4.78, 5) is 21.8. The van der Waals surface area contributed by atoms with Gasteiger partial charge in [-0.2, -0.15) is 0 Å². The minimum absolute atomic E-state index is 0.156. The van der Waals surface area contributed by atoms with Crippen molar-refractivity contribution in [2.24, 2.45) is 5.92 Å². The summed E-state index contributed by atoms with van der Waals surface area (Å²) in [6.07, 6.45) is 0.741. The lowest BCUT2D eigenvalue weighted by Gasteiger charge is -2.22. The summed E-state index contributed by atoms with van der Waals surface area (Å²) in [5.41, 5.74) is 0. The van der Waals surface area contributed by atoms with Crippen LogP contribution in [0.25, 0.3) is 0 Å². The van der Waals surface area contributed by atoms with E-state index in [9.17, 15) is 9.59 Å². The van der Waals surface area contributed by atoms with E-state index in [0.717, 1.165) is 0 Å². The Balaban J connectivity index is 2.17. The van der Waals surface area contributed by atoms with Gasteiger partial charge >= 0.3 is 5.97 Å². The van der Waals surface area contributed by atoms with Gasteiger partial charge in [0.1, 0.15) is 12.4 Å². The number of hydrogen-bond donors (Lipinski definition) is 0. The second-order valence-corrected chi connectivity index (χ2v) is 4.62. The molecule has 0 amide bonds. The normalized spacial score (nSPS) is 20.0. The average Bonchev–Trinajstić information content (AvgIpc) is 1.94. The van der Waals surface area contributed by atoms with Crippen LogP contribution in [0.5, 0.6) is 0 Å². The van der Waals surface area contributed by atoms with Gasteiger partial charge in [-0.15, -0.1) is 0 Å². The molecule has 1 unspecified atom stereocenters. The molecule has 4 heteroatoms. The van der Waals surface area contributed by atoms with Crippen LogP contribution in [0, 0.1) is 5.92 Å². The summed E-state index contributed by atoms with van der Waals surface area (Å²) in [6.45, 7) is 2.28. The van der Waals surface area contributed by atoms with E-state index in [0.29, 0.717) is 19.4 Å². The molecular formula is C8H11BrO3. The third-order valence-electron chi connectivity index (χ3n) is 1.74. The van der Waals surface area contributed by atoms with Crippen molar-refractivity contribution in [3.63, 3.8) is 0 Å². The second kappa shape index (κ2) is 4.03. The molecule has 0 radical (unpaired) electrons. The van der Waals surface area contributed by atoms with E-state index in [-0.39, 0.29) is 22.5 Å². The van der Waals surface area contributed by atoms with Crippen LogP contribution in [0.3, 0.4) is 0 Å². The number of Topliss-reactive ketones (excluding diaryl/α,β-unsaturated/α-hetero) is 1. The number of ether oxygens (including phenoxy) is 1. The molecule has 0 saturated heterocycles. The van der Waals surface area contributed by atoms with Crippen molar-refractivity contribution in [3.8, 4) is 0 Å². The molecule has 1 rings (SSSR count). The lowest BCUT2D eigenvalue weighted by Crippen LogP contribution is -2.32. The summed E-state index contributed by atoms with van der Waals surface area (Å²) in [5.74, 6) is -0.242. The van der Waals surface area contributed by atoms with Crippen molar-refractivity contribution in [1.29, 1.82) is 0 Å². The van der Waals surface area contributed by atoms with Gasteiger partial charge in [-0.3, -0.25) is 9.59 Å². The molecular weight excluding hydrogens is 224 g/mol. The van der Waals surface area contributed by atoms with Crippen LogP contribution in [0.1, 0.15) is 19.8 Å². The maximum absolute atomic E-state index is 11.1. The first kappa shape index (κ1) is 9.71. The third-order valence-corrected chi connectivity index (χ3v) is 2.00. The predicted molar refractivity (Wildman–Crippen MR) is 47.1 cm³/mol. The Labute approximate surface area is 79.6 Å². The van der Waals surface area contributed by atoms with E-state index in [4.69, 9.17) is 4.74 Å². The molecule has 1 aliphatic rings. The molecule has 0 aromatic heterocycles. The van der Waals surface area contributed by atoms with Crippen molar-refractivity contribution >= 4 is 27.7 Å². The Morgan fingerprint density at radius 2 is 2.33 bits per heavy atom. The van der Waals surface area contributed by atoms with E-state index in [1.807, 2.05) is 6.92 Å². The van der Waals surface area contributed by atoms with Gasteiger partial charge in [-0.1, -0.05) is 15.9 Å². The Hall–Kier alpha value is -0.380. The summed E-state index contributed by atoms with van der Waals surface area (Å²) >= 11 is 3.26. The molecule has 0 N–H and O–H groups in total. The molecule has 12 heavy (non-hydrogen) atoms. The topological polar surface area (TPSA) is 43.4 Å². The molecule has 1 aliphatic carbocycles. The molecule has 0 aliphatic heterocycles. The van der Waals surface area contributed by atoms with Crippen molar-refractivity contribution in [1.82, 2.24) is 0 Å². The van der Waals surface area contributed by atoms with E-state index in [1.54, 1.807) is 0 Å². The van der Waals surface area contributed by atoms with Crippen LogP contribution in [-0.4, -0.2) is 23.2 Å². The second-order valence-electron chi connectivity index (χ2n) is 3.05. The van der Waals surface area contributed by atoms with Gasteiger partial charge in [0.2, 0.25) is 0 Å².